The second kappa shape index (κ2) is 5.35. The van der Waals surface area contributed by atoms with E-state index >= 15 is 0 Å². The highest BCUT2D eigenvalue weighted by atomic mass is 16.3. The Morgan fingerprint density at radius 1 is 1.46 bits per heavy atom. The van der Waals surface area contributed by atoms with E-state index in [1.54, 1.807) is 0 Å². The molecule has 1 heterocycles. The van der Waals surface area contributed by atoms with Gasteiger partial charge in [0.2, 0.25) is 11.8 Å². The quantitative estimate of drug-likeness (QED) is 0.680. The van der Waals surface area contributed by atoms with Crippen LogP contribution in [0.3, 0.4) is 0 Å². The molecule has 4 nitrogen and oxygen atoms in total. The number of aromatic hydroxyl groups is 1. The molecule has 0 radical (unpaired) electrons. The Balaban J connectivity index is 2.28. The number of anilines is 1. The van der Waals surface area contributed by atoms with Gasteiger partial charge in [0.15, 0.2) is 0 Å². The van der Waals surface area contributed by atoms with Crippen LogP contribution in [0.1, 0.15) is 26.2 Å². The van der Waals surface area contributed by atoms with Crippen molar-refractivity contribution in [2.75, 3.05) is 11.9 Å². The van der Waals surface area contributed by atoms with Crippen molar-refractivity contribution >= 4 is 5.95 Å². The Bertz CT molecular complexity index is 252. The van der Waals surface area contributed by atoms with Crippen LogP contribution in [0.5, 0.6) is 5.88 Å². The van der Waals surface area contributed by atoms with Crippen LogP contribution in [0.2, 0.25) is 0 Å². The molecule has 1 aromatic heterocycles. The zero-order valence-electron chi connectivity index (χ0n) is 7.82. The lowest BCUT2D eigenvalue weighted by molar-refractivity contribution is 0.453. The van der Waals surface area contributed by atoms with Gasteiger partial charge in [0, 0.05) is 18.8 Å². The number of nitrogens with one attached hydrogen (secondary N) is 1. The molecule has 72 valence electrons. The maximum Gasteiger partial charge on any atom is 0.225 e. The highest BCUT2D eigenvalue weighted by molar-refractivity contribution is 5.26. The maximum atomic E-state index is 9.02. The molecule has 0 aliphatic rings. The lowest BCUT2D eigenvalue weighted by Crippen LogP contribution is -2.04. The monoisotopic (exact) mass is 181 g/mol. The van der Waals surface area contributed by atoms with Crippen LogP contribution in [0.4, 0.5) is 5.95 Å². The van der Waals surface area contributed by atoms with E-state index in [2.05, 4.69) is 22.2 Å². The molecule has 0 atom stereocenters. The van der Waals surface area contributed by atoms with E-state index in [1.807, 2.05) is 0 Å². The van der Waals surface area contributed by atoms with Gasteiger partial charge in [-0.05, 0) is 6.42 Å². The molecule has 0 spiro atoms. The molecule has 0 aliphatic heterocycles. The fraction of sp³-hybridized carbons (Fsp3) is 0.556. The average molecular weight is 181 g/mol. The topological polar surface area (TPSA) is 58.0 Å². The van der Waals surface area contributed by atoms with Crippen molar-refractivity contribution in [3.05, 3.63) is 12.3 Å². The van der Waals surface area contributed by atoms with Crippen molar-refractivity contribution in [2.24, 2.45) is 0 Å². The third-order valence-corrected chi connectivity index (χ3v) is 1.70. The van der Waals surface area contributed by atoms with Crippen molar-refractivity contribution in [1.29, 1.82) is 0 Å². The zero-order valence-corrected chi connectivity index (χ0v) is 7.82. The predicted molar refractivity (Wildman–Crippen MR) is 51.7 cm³/mol. The number of hydrogen-bond donors (Lipinski definition) is 2. The molecule has 0 bridgehead atoms. The highest BCUT2D eigenvalue weighted by Gasteiger charge is 1.95. The highest BCUT2D eigenvalue weighted by Crippen LogP contribution is 2.05. The first kappa shape index (κ1) is 9.77. The summed E-state index contributed by atoms with van der Waals surface area (Å²) >= 11 is 0. The minimum Gasteiger partial charge on any atom is -0.493 e. The molecule has 2 N–H and O–H groups in total. The summed E-state index contributed by atoms with van der Waals surface area (Å²) in [5, 5.41) is 12.1. The molecule has 0 unspecified atom stereocenters. The lowest BCUT2D eigenvalue weighted by atomic mass is 10.2. The minimum atomic E-state index is 0.00740. The van der Waals surface area contributed by atoms with E-state index in [-0.39, 0.29) is 5.88 Å². The summed E-state index contributed by atoms with van der Waals surface area (Å²) in [6.07, 6.45) is 5.04. The summed E-state index contributed by atoms with van der Waals surface area (Å²) in [4.78, 5) is 7.76. The number of hydrogen-bond acceptors (Lipinski definition) is 4. The largest absolute Gasteiger partial charge is 0.493 e. The van der Waals surface area contributed by atoms with Gasteiger partial charge in [-0.15, -0.1) is 0 Å². The first-order valence-electron chi connectivity index (χ1n) is 4.59. The second-order valence-corrected chi connectivity index (χ2v) is 2.87. The first-order valence-corrected chi connectivity index (χ1v) is 4.59. The van der Waals surface area contributed by atoms with Gasteiger partial charge in [-0.2, -0.15) is 4.98 Å². The summed E-state index contributed by atoms with van der Waals surface area (Å²) in [6, 6.07) is 1.46. The maximum absolute atomic E-state index is 9.02. The van der Waals surface area contributed by atoms with Crippen LogP contribution in [-0.4, -0.2) is 21.6 Å². The molecular formula is C9H15N3O. The van der Waals surface area contributed by atoms with E-state index < -0.39 is 0 Å². The van der Waals surface area contributed by atoms with Gasteiger partial charge >= 0.3 is 0 Å². The van der Waals surface area contributed by atoms with E-state index in [1.165, 1.54) is 25.1 Å². The Kier molecular flexibility index (Phi) is 4.02. The van der Waals surface area contributed by atoms with Crippen LogP contribution in [0.25, 0.3) is 0 Å². The third kappa shape index (κ3) is 3.73. The standard InChI is InChI=1S/C9H15N3O/c1-2-3-4-6-10-9-11-7-5-8(13)12-9/h5,7H,2-4,6H2,1H3,(H2,10,11,12,13). The summed E-state index contributed by atoms with van der Waals surface area (Å²) in [5.74, 6) is 0.504. The molecule has 1 rings (SSSR count). The molecule has 0 amide bonds. The molecule has 0 saturated heterocycles. The summed E-state index contributed by atoms with van der Waals surface area (Å²) in [6.45, 7) is 3.02. The Hall–Kier alpha value is -1.32. The summed E-state index contributed by atoms with van der Waals surface area (Å²) in [7, 11) is 0. The molecule has 0 aromatic carbocycles. The molecular weight excluding hydrogens is 166 g/mol. The first-order chi connectivity index (χ1) is 6.33. The normalized spacial score (nSPS) is 9.92. The number of aromatic nitrogens is 2. The summed E-state index contributed by atoms with van der Waals surface area (Å²) in [5.41, 5.74) is 0. The van der Waals surface area contributed by atoms with Crippen molar-refractivity contribution in [3.63, 3.8) is 0 Å². The van der Waals surface area contributed by atoms with E-state index in [0.717, 1.165) is 13.0 Å². The zero-order chi connectivity index (χ0) is 9.52. The van der Waals surface area contributed by atoms with Gasteiger partial charge in [-0.25, -0.2) is 4.98 Å². The minimum absolute atomic E-state index is 0.00740. The van der Waals surface area contributed by atoms with Crippen molar-refractivity contribution in [2.45, 2.75) is 26.2 Å². The van der Waals surface area contributed by atoms with Crippen LogP contribution in [0.15, 0.2) is 12.3 Å². The predicted octanol–water partition coefficient (Wildman–Crippen LogP) is 1.78. The molecule has 0 fully saturated rings. The SMILES string of the molecule is CCCCCNc1nccc(O)n1. The molecule has 0 saturated carbocycles. The number of nitrogens with zero attached hydrogens (tertiary/aromatic N) is 2. The molecule has 13 heavy (non-hydrogen) atoms. The lowest BCUT2D eigenvalue weighted by Gasteiger charge is -2.02. The van der Waals surface area contributed by atoms with Gasteiger partial charge in [0.1, 0.15) is 0 Å². The van der Waals surface area contributed by atoms with Gasteiger partial charge in [-0.1, -0.05) is 19.8 Å². The van der Waals surface area contributed by atoms with Gasteiger partial charge < -0.3 is 10.4 Å². The van der Waals surface area contributed by atoms with E-state index in [4.69, 9.17) is 5.11 Å². The van der Waals surface area contributed by atoms with Crippen LogP contribution in [-0.2, 0) is 0 Å². The average Bonchev–Trinajstić information content (AvgIpc) is 2.13. The van der Waals surface area contributed by atoms with Gasteiger partial charge in [0.25, 0.3) is 0 Å². The van der Waals surface area contributed by atoms with E-state index in [0.29, 0.717) is 5.95 Å². The van der Waals surface area contributed by atoms with E-state index in [9.17, 15) is 0 Å². The van der Waals surface area contributed by atoms with Crippen molar-refractivity contribution < 1.29 is 5.11 Å². The Morgan fingerprint density at radius 2 is 2.31 bits per heavy atom. The smallest absolute Gasteiger partial charge is 0.225 e. The van der Waals surface area contributed by atoms with Gasteiger partial charge in [0.05, 0.1) is 0 Å². The van der Waals surface area contributed by atoms with Gasteiger partial charge in [-0.3, -0.25) is 0 Å². The third-order valence-electron chi connectivity index (χ3n) is 1.70. The Morgan fingerprint density at radius 3 is 3.00 bits per heavy atom. The van der Waals surface area contributed by atoms with Crippen LogP contribution in [0, 0.1) is 0 Å². The Labute approximate surface area is 78.0 Å². The number of unbranched alkanes of at least 4 members (excludes halogenated alkanes) is 2. The van der Waals surface area contributed by atoms with Crippen LogP contribution >= 0.6 is 0 Å². The second-order valence-electron chi connectivity index (χ2n) is 2.87. The fourth-order valence-corrected chi connectivity index (χ4v) is 1.01. The summed E-state index contributed by atoms with van der Waals surface area (Å²) < 4.78 is 0. The van der Waals surface area contributed by atoms with Crippen LogP contribution < -0.4 is 5.32 Å². The molecule has 4 heteroatoms. The van der Waals surface area contributed by atoms with Crippen molar-refractivity contribution in [1.82, 2.24) is 9.97 Å². The fourth-order valence-electron chi connectivity index (χ4n) is 1.01. The van der Waals surface area contributed by atoms with Crippen molar-refractivity contribution in [3.8, 4) is 5.88 Å². The number of rotatable bonds is 5. The molecule has 0 aliphatic carbocycles. The molecule has 1 aromatic rings.